The Hall–Kier alpha value is -1.57. The number of hydrogen-bond acceptors (Lipinski definition) is 2. The first kappa shape index (κ1) is 15.8. The van der Waals surface area contributed by atoms with Crippen molar-refractivity contribution in [3.63, 3.8) is 0 Å². The number of carbonyl (C=O) groups excluding carboxylic acids is 1. The predicted molar refractivity (Wildman–Crippen MR) is 86.3 cm³/mol. The van der Waals surface area contributed by atoms with Gasteiger partial charge in [-0.3, -0.25) is 4.79 Å². The summed E-state index contributed by atoms with van der Waals surface area (Å²) in [6, 6.07) is 8.99. The Kier molecular flexibility index (Phi) is 6.04. The molecule has 0 heterocycles. The molecule has 114 valence electrons. The van der Waals surface area contributed by atoms with Crippen molar-refractivity contribution < 1.29 is 9.53 Å². The summed E-state index contributed by atoms with van der Waals surface area (Å²) in [7, 11) is 0. The van der Waals surface area contributed by atoms with E-state index < -0.39 is 0 Å². The molecule has 0 atom stereocenters. The second-order valence-electron chi connectivity index (χ2n) is 5.89. The van der Waals surface area contributed by atoms with Crippen LogP contribution in [0.3, 0.4) is 0 Å². The van der Waals surface area contributed by atoms with E-state index in [9.17, 15) is 4.79 Å². The minimum Gasteiger partial charge on any atom is -0.462 e. The van der Waals surface area contributed by atoms with Crippen LogP contribution in [0.1, 0.15) is 62.5 Å². The molecule has 0 aromatic heterocycles. The van der Waals surface area contributed by atoms with Crippen LogP contribution in [0.2, 0.25) is 0 Å². The van der Waals surface area contributed by atoms with Crippen LogP contribution in [-0.2, 0) is 16.0 Å². The first-order valence-corrected chi connectivity index (χ1v) is 8.12. The third-order valence-corrected chi connectivity index (χ3v) is 4.38. The fraction of sp³-hybridized carbons (Fsp3) is 0.526. The molecule has 0 amide bonds. The maximum Gasteiger partial charge on any atom is 0.306 e. The van der Waals surface area contributed by atoms with E-state index in [2.05, 4.69) is 37.8 Å². The van der Waals surface area contributed by atoms with Crippen LogP contribution in [0, 0.1) is 0 Å². The Balaban J connectivity index is 1.79. The number of carbonyl (C=O) groups is 1. The summed E-state index contributed by atoms with van der Waals surface area (Å²) in [6.45, 7) is 5.81. The molecule has 1 aromatic rings. The van der Waals surface area contributed by atoms with Gasteiger partial charge in [0.1, 0.15) is 6.10 Å². The lowest BCUT2D eigenvalue weighted by molar-refractivity contribution is -0.150. The quantitative estimate of drug-likeness (QED) is 0.555. The molecule has 0 saturated heterocycles. The van der Waals surface area contributed by atoms with Crippen molar-refractivity contribution in [2.75, 3.05) is 0 Å². The summed E-state index contributed by atoms with van der Waals surface area (Å²) in [5, 5.41) is 0. The van der Waals surface area contributed by atoms with E-state index in [4.69, 9.17) is 4.74 Å². The molecule has 0 aliphatic heterocycles. The molecular formula is C19H26O2. The third kappa shape index (κ3) is 4.73. The largest absolute Gasteiger partial charge is 0.462 e. The number of benzene rings is 1. The average Bonchev–Trinajstić information content (AvgIpc) is 2.54. The van der Waals surface area contributed by atoms with Gasteiger partial charge in [-0.25, -0.2) is 0 Å². The highest BCUT2D eigenvalue weighted by atomic mass is 16.5. The second kappa shape index (κ2) is 8.02. The molecule has 1 aliphatic carbocycles. The van der Waals surface area contributed by atoms with E-state index in [0.717, 1.165) is 32.1 Å². The number of rotatable bonds is 6. The van der Waals surface area contributed by atoms with Crippen LogP contribution in [0.4, 0.5) is 0 Å². The van der Waals surface area contributed by atoms with Gasteiger partial charge in [-0.1, -0.05) is 37.3 Å². The van der Waals surface area contributed by atoms with Gasteiger partial charge < -0.3 is 4.74 Å². The molecule has 2 nitrogen and oxygen atoms in total. The molecule has 1 aliphatic rings. The van der Waals surface area contributed by atoms with Crippen LogP contribution >= 0.6 is 0 Å². The highest BCUT2D eigenvalue weighted by Gasteiger charge is 2.24. The number of esters is 1. The zero-order valence-electron chi connectivity index (χ0n) is 13.0. The Bertz CT molecular complexity index is 453. The van der Waals surface area contributed by atoms with E-state index in [1.807, 2.05) is 0 Å². The Morgan fingerprint density at radius 2 is 1.90 bits per heavy atom. The van der Waals surface area contributed by atoms with Gasteiger partial charge in [-0.2, -0.15) is 0 Å². The number of hydrogen-bond donors (Lipinski definition) is 0. The van der Waals surface area contributed by atoms with E-state index in [1.54, 1.807) is 6.08 Å². The van der Waals surface area contributed by atoms with E-state index >= 15 is 0 Å². The molecule has 0 N–H and O–H groups in total. The van der Waals surface area contributed by atoms with Gasteiger partial charge in [0.25, 0.3) is 0 Å². The van der Waals surface area contributed by atoms with Crippen LogP contribution in [0.15, 0.2) is 36.9 Å². The van der Waals surface area contributed by atoms with Crippen LogP contribution in [0.25, 0.3) is 0 Å². The number of aryl methyl sites for hydroxylation is 1. The maximum atomic E-state index is 11.6. The molecule has 1 fully saturated rings. The van der Waals surface area contributed by atoms with Crippen LogP contribution < -0.4 is 0 Å². The summed E-state index contributed by atoms with van der Waals surface area (Å²) in [6.07, 6.45) is 8.34. The summed E-state index contributed by atoms with van der Waals surface area (Å²) >= 11 is 0. The monoisotopic (exact) mass is 286 g/mol. The van der Waals surface area contributed by atoms with E-state index in [0.29, 0.717) is 18.8 Å². The number of ether oxygens (including phenoxy) is 1. The number of allylic oxidation sites excluding steroid dienone is 1. The second-order valence-corrected chi connectivity index (χ2v) is 5.89. The Morgan fingerprint density at radius 3 is 2.48 bits per heavy atom. The highest BCUT2D eigenvalue weighted by Crippen LogP contribution is 2.34. The normalized spacial score (nSPS) is 21.8. The van der Waals surface area contributed by atoms with Crippen LogP contribution in [0.5, 0.6) is 0 Å². The molecule has 21 heavy (non-hydrogen) atoms. The fourth-order valence-electron chi connectivity index (χ4n) is 3.00. The molecule has 0 radical (unpaired) electrons. The van der Waals surface area contributed by atoms with Crippen molar-refractivity contribution in [2.24, 2.45) is 0 Å². The maximum absolute atomic E-state index is 11.6. The molecule has 2 heteroatoms. The van der Waals surface area contributed by atoms with Gasteiger partial charge >= 0.3 is 5.97 Å². The topological polar surface area (TPSA) is 26.3 Å². The minimum atomic E-state index is -0.0781. The molecule has 2 rings (SSSR count). The zero-order chi connectivity index (χ0) is 15.1. The third-order valence-electron chi connectivity index (χ3n) is 4.38. The van der Waals surface area contributed by atoms with Crippen molar-refractivity contribution in [1.29, 1.82) is 0 Å². The standard InChI is InChI=1S/C19H26O2/c1-3-5-6-19(20)21-18-13-11-17(12-14-18)16-9-7-15(4-2)8-10-16/h3,7-10,17-18H,1,4-6,11-14H2,2H3/t17-,18-. The van der Waals surface area contributed by atoms with Gasteiger partial charge in [0.15, 0.2) is 0 Å². The molecule has 0 spiro atoms. The smallest absolute Gasteiger partial charge is 0.306 e. The van der Waals surface area contributed by atoms with Crippen molar-refractivity contribution in [1.82, 2.24) is 0 Å². The minimum absolute atomic E-state index is 0.0781. The summed E-state index contributed by atoms with van der Waals surface area (Å²) in [4.78, 5) is 11.6. The fourth-order valence-corrected chi connectivity index (χ4v) is 3.00. The van der Waals surface area contributed by atoms with Gasteiger partial charge in [-0.15, -0.1) is 6.58 Å². The van der Waals surface area contributed by atoms with Crippen molar-refractivity contribution in [3.8, 4) is 0 Å². The predicted octanol–water partition coefficient (Wildman–Crippen LogP) is 4.78. The average molecular weight is 286 g/mol. The van der Waals surface area contributed by atoms with Crippen LogP contribution in [-0.4, -0.2) is 12.1 Å². The molecule has 0 unspecified atom stereocenters. The Morgan fingerprint density at radius 1 is 1.24 bits per heavy atom. The van der Waals surface area contributed by atoms with Crippen molar-refractivity contribution >= 4 is 5.97 Å². The van der Waals surface area contributed by atoms with Gasteiger partial charge in [-0.05, 0) is 55.6 Å². The summed E-state index contributed by atoms with van der Waals surface area (Å²) in [5.74, 6) is 0.546. The van der Waals surface area contributed by atoms with E-state index in [1.165, 1.54) is 11.1 Å². The molecule has 1 saturated carbocycles. The highest BCUT2D eigenvalue weighted by molar-refractivity contribution is 5.69. The summed E-state index contributed by atoms with van der Waals surface area (Å²) in [5.41, 5.74) is 2.83. The van der Waals surface area contributed by atoms with Gasteiger partial charge in [0.05, 0.1) is 0 Å². The first-order chi connectivity index (χ1) is 10.2. The lowest BCUT2D eigenvalue weighted by atomic mass is 9.82. The van der Waals surface area contributed by atoms with Crippen molar-refractivity contribution in [2.45, 2.75) is 63.9 Å². The Labute approximate surface area is 128 Å². The molecule has 0 bridgehead atoms. The van der Waals surface area contributed by atoms with Gasteiger partial charge in [0, 0.05) is 6.42 Å². The first-order valence-electron chi connectivity index (χ1n) is 8.12. The lowest BCUT2D eigenvalue weighted by Gasteiger charge is -2.28. The molecule has 1 aromatic carbocycles. The SMILES string of the molecule is C=CCCC(=O)O[C@H]1CC[C@H](c2ccc(CC)cc2)CC1. The van der Waals surface area contributed by atoms with Gasteiger partial charge in [0.2, 0.25) is 0 Å². The van der Waals surface area contributed by atoms with Crippen molar-refractivity contribution in [3.05, 3.63) is 48.0 Å². The lowest BCUT2D eigenvalue weighted by Crippen LogP contribution is -2.23. The summed E-state index contributed by atoms with van der Waals surface area (Å²) < 4.78 is 5.53. The van der Waals surface area contributed by atoms with E-state index in [-0.39, 0.29) is 12.1 Å². The zero-order valence-corrected chi connectivity index (χ0v) is 13.0. The molecular weight excluding hydrogens is 260 g/mol.